The molecule has 2 saturated heterocycles. The number of fused-ring (bicyclic) bond motifs is 1. The van der Waals surface area contributed by atoms with Crippen molar-refractivity contribution < 1.29 is 28.5 Å². The molecule has 2 aromatic heterocycles. The minimum absolute atomic E-state index is 0.0128. The van der Waals surface area contributed by atoms with Crippen molar-refractivity contribution in [2.24, 2.45) is 0 Å². The Kier molecular flexibility index (Phi) is 12.1. The summed E-state index contributed by atoms with van der Waals surface area (Å²) in [7, 11) is 10.2. The number of nitrogens with zero attached hydrogens (tertiary/aromatic N) is 10. The molecule has 16 nitrogen and oxygen atoms in total. The van der Waals surface area contributed by atoms with E-state index in [1.54, 1.807) is 52.3 Å². The summed E-state index contributed by atoms with van der Waals surface area (Å²) in [6, 6.07) is 0. The fourth-order valence-corrected chi connectivity index (χ4v) is 4.99. The molecule has 2 fully saturated rings. The van der Waals surface area contributed by atoms with Gasteiger partial charge in [0.2, 0.25) is 23.7 Å². The number of hydrogen-bond donors (Lipinski definition) is 0. The fraction of sp³-hybridized carbons (Fsp3) is 0.714. The lowest BCUT2D eigenvalue weighted by Gasteiger charge is -2.35. The molecule has 2 aliphatic rings. The highest BCUT2D eigenvalue weighted by Gasteiger charge is 2.31. The summed E-state index contributed by atoms with van der Waals surface area (Å²) in [4.78, 5) is 57.2. The number of piperazine rings is 2. The Morgan fingerprint density at radius 1 is 0.568 bits per heavy atom. The fourth-order valence-electron chi connectivity index (χ4n) is 4.99. The van der Waals surface area contributed by atoms with Crippen LogP contribution in [0.1, 0.15) is 0 Å². The van der Waals surface area contributed by atoms with Crippen molar-refractivity contribution in [3.8, 4) is 0 Å². The standard InChI is InChI=1S/C28H46N10O6/c1-33-7-9-37(19-21(33)39)25-23-24(30-27(31-25)35(11-15-41-3)12-16-42-4)26(38-10-8-34(2)22(40)20-38)32-28(29-23)36(13-17-43-5)14-18-44-6/h7-20H2,1-6H3. The maximum absolute atomic E-state index is 12.9. The molecule has 0 bridgehead atoms. The third kappa shape index (κ3) is 7.91. The Bertz CT molecular complexity index is 1160. The number of likely N-dealkylation sites (N-methyl/N-ethyl adjacent to an activating group) is 2. The van der Waals surface area contributed by atoms with Crippen LogP contribution in [-0.2, 0) is 28.5 Å². The molecule has 244 valence electrons. The first-order valence-electron chi connectivity index (χ1n) is 14.8. The van der Waals surface area contributed by atoms with Crippen LogP contribution in [0.4, 0.5) is 23.5 Å². The second kappa shape index (κ2) is 15.9. The molecule has 2 amide bonds. The van der Waals surface area contributed by atoms with Crippen LogP contribution >= 0.6 is 0 Å². The van der Waals surface area contributed by atoms with Crippen molar-refractivity contribution >= 4 is 46.4 Å². The number of carbonyl (C=O) groups excluding carboxylic acids is 2. The Hall–Kier alpha value is -3.60. The zero-order valence-electron chi connectivity index (χ0n) is 26.8. The number of aromatic nitrogens is 4. The first kappa shape index (κ1) is 33.3. The van der Waals surface area contributed by atoms with Crippen molar-refractivity contribution in [2.75, 3.05) is 154 Å². The van der Waals surface area contributed by atoms with E-state index in [0.29, 0.717) is 113 Å². The van der Waals surface area contributed by atoms with Gasteiger partial charge in [0.25, 0.3) is 0 Å². The average molecular weight is 619 g/mol. The molecule has 0 aromatic carbocycles. The van der Waals surface area contributed by atoms with Crippen LogP contribution in [0.2, 0.25) is 0 Å². The normalized spacial score (nSPS) is 16.0. The molecule has 0 saturated carbocycles. The number of amides is 2. The van der Waals surface area contributed by atoms with E-state index in [9.17, 15) is 9.59 Å². The average Bonchev–Trinajstić information content (AvgIpc) is 3.03. The van der Waals surface area contributed by atoms with E-state index in [1.165, 1.54) is 0 Å². The first-order chi connectivity index (χ1) is 21.3. The SMILES string of the molecule is COCCN(CCOC)c1nc(N2CCN(C)C(=O)C2)c2nc(N(CCOC)CCOC)nc(N3CCN(C)C(=O)C3)c2n1. The van der Waals surface area contributed by atoms with E-state index < -0.39 is 0 Å². The summed E-state index contributed by atoms with van der Waals surface area (Å²) >= 11 is 0. The van der Waals surface area contributed by atoms with Crippen molar-refractivity contribution in [1.82, 2.24) is 29.7 Å². The molecule has 4 rings (SSSR count). The minimum atomic E-state index is -0.0128. The first-order valence-corrected chi connectivity index (χ1v) is 14.8. The van der Waals surface area contributed by atoms with Crippen molar-refractivity contribution in [1.29, 1.82) is 0 Å². The summed E-state index contributed by atoms with van der Waals surface area (Å²) in [5.74, 6) is 1.94. The molecular formula is C28H46N10O6. The summed E-state index contributed by atoms with van der Waals surface area (Å²) < 4.78 is 21.5. The summed E-state index contributed by atoms with van der Waals surface area (Å²) in [6.07, 6.45) is 0. The van der Waals surface area contributed by atoms with Crippen molar-refractivity contribution in [3.63, 3.8) is 0 Å². The minimum Gasteiger partial charge on any atom is -0.383 e. The molecule has 0 spiro atoms. The number of ether oxygens (including phenoxy) is 4. The van der Waals surface area contributed by atoms with Crippen LogP contribution in [0.3, 0.4) is 0 Å². The van der Waals surface area contributed by atoms with Crippen LogP contribution in [0.15, 0.2) is 0 Å². The maximum Gasteiger partial charge on any atom is 0.241 e. The lowest BCUT2D eigenvalue weighted by atomic mass is 10.2. The van der Waals surface area contributed by atoms with E-state index in [0.717, 1.165) is 0 Å². The van der Waals surface area contributed by atoms with E-state index in [4.69, 9.17) is 38.9 Å². The van der Waals surface area contributed by atoms with Gasteiger partial charge in [0.05, 0.1) is 39.5 Å². The van der Waals surface area contributed by atoms with Gasteiger partial charge >= 0.3 is 0 Å². The number of methoxy groups -OCH3 is 4. The van der Waals surface area contributed by atoms with Crippen LogP contribution in [0, 0.1) is 0 Å². The molecule has 0 N–H and O–H groups in total. The number of hydrogen-bond acceptors (Lipinski definition) is 14. The lowest BCUT2D eigenvalue weighted by molar-refractivity contribution is -0.130. The highest BCUT2D eigenvalue weighted by molar-refractivity contribution is 5.97. The Labute approximate surface area is 258 Å². The van der Waals surface area contributed by atoms with Gasteiger partial charge in [-0.25, -0.2) is 9.97 Å². The molecule has 2 aliphatic heterocycles. The van der Waals surface area contributed by atoms with Crippen LogP contribution in [0.5, 0.6) is 0 Å². The third-order valence-electron chi connectivity index (χ3n) is 7.82. The Balaban J connectivity index is 1.96. The molecule has 4 heterocycles. The van der Waals surface area contributed by atoms with Gasteiger partial charge in [0, 0.05) is 94.9 Å². The molecule has 0 aliphatic carbocycles. The third-order valence-corrected chi connectivity index (χ3v) is 7.82. The van der Waals surface area contributed by atoms with Gasteiger partial charge in [-0.1, -0.05) is 0 Å². The Morgan fingerprint density at radius 2 is 0.909 bits per heavy atom. The second-order valence-corrected chi connectivity index (χ2v) is 10.8. The molecule has 0 atom stereocenters. The highest BCUT2D eigenvalue weighted by atomic mass is 16.5. The topological polar surface area (TPSA) is 142 Å². The van der Waals surface area contributed by atoms with Gasteiger partial charge < -0.3 is 48.3 Å². The van der Waals surface area contributed by atoms with Crippen LogP contribution in [-0.4, -0.2) is 176 Å². The van der Waals surface area contributed by atoms with E-state index in [-0.39, 0.29) is 24.9 Å². The second-order valence-electron chi connectivity index (χ2n) is 10.8. The molecule has 0 radical (unpaired) electrons. The predicted octanol–water partition coefficient (Wildman–Crippen LogP) is -0.825. The van der Waals surface area contributed by atoms with Gasteiger partial charge in [-0.15, -0.1) is 0 Å². The lowest BCUT2D eigenvalue weighted by Crippen LogP contribution is -2.49. The zero-order chi connectivity index (χ0) is 31.6. The summed E-state index contributed by atoms with van der Waals surface area (Å²) in [5.41, 5.74) is 1.02. The van der Waals surface area contributed by atoms with Gasteiger partial charge in [-0.2, -0.15) is 9.97 Å². The Morgan fingerprint density at radius 3 is 1.20 bits per heavy atom. The van der Waals surface area contributed by atoms with Gasteiger partial charge in [-0.05, 0) is 0 Å². The summed E-state index contributed by atoms with van der Waals surface area (Å²) in [6.45, 7) is 6.45. The molecular weight excluding hydrogens is 572 g/mol. The quantitative estimate of drug-likeness (QED) is 0.231. The maximum atomic E-state index is 12.9. The largest absolute Gasteiger partial charge is 0.383 e. The van der Waals surface area contributed by atoms with Crippen LogP contribution in [0.25, 0.3) is 11.0 Å². The summed E-state index contributed by atoms with van der Waals surface area (Å²) in [5, 5.41) is 0. The van der Waals surface area contributed by atoms with Gasteiger partial charge in [0.15, 0.2) is 11.6 Å². The van der Waals surface area contributed by atoms with Crippen molar-refractivity contribution in [2.45, 2.75) is 0 Å². The van der Waals surface area contributed by atoms with Crippen LogP contribution < -0.4 is 19.6 Å². The van der Waals surface area contributed by atoms with Crippen molar-refractivity contribution in [3.05, 3.63) is 0 Å². The highest BCUT2D eigenvalue weighted by Crippen LogP contribution is 2.33. The molecule has 0 unspecified atom stereocenters. The number of anilines is 4. The van der Waals surface area contributed by atoms with E-state index >= 15 is 0 Å². The molecule has 16 heteroatoms. The van der Waals surface area contributed by atoms with E-state index in [1.807, 2.05) is 19.6 Å². The smallest absolute Gasteiger partial charge is 0.241 e. The van der Waals surface area contributed by atoms with Gasteiger partial charge in [-0.3, -0.25) is 9.59 Å². The zero-order valence-corrected chi connectivity index (χ0v) is 26.8. The monoisotopic (exact) mass is 618 g/mol. The molecule has 44 heavy (non-hydrogen) atoms. The van der Waals surface area contributed by atoms with E-state index in [2.05, 4.69) is 0 Å². The number of carbonyl (C=O) groups is 2. The number of rotatable bonds is 16. The molecule has 2 aromatic rings. The predicted molar refractivity (Wildman–Crippen MR) is 167 cm³/mol. The van der Waals surface area contributed by atoms with Gasteiger partial charge in [0.1, 0.15) is 11.0 Å².